The lowest BCUT2D eigenvalue weighted by atomic mass is 10.1. The van der Waals surface area contributed by atoms with E-state index < -0.39 is 0 Å². The maximum atomic E-state index is 12.5. The molecular weight excluding hydrogens is 256 g/mol. The lowest BCUT2D eigenvalue weighted by molar-refractivity contribution is 0.0617. The molecule has 3 amide bonds. The molecule has 6 heteroatoms. The van der Waals surface area contributed by atoms with Gasteiger partial charge in [-0.2, -0.15) is 0 Å². The third kappa shape index (κ3) is 2.22. The minimum Gasteiger partial charge on any atom is -0.336 e. The lowest BCUT2D eigenvalue weighted by Gasteiger charge is -2.36. The van der Waals surface area contributed by atoms with Gasteiger partial charge in [0.2, 0.25) is 0 Å². The van der Waals surface area contributed by atoms with Crippen molar-refractivity contribution in [2.75, 3.05) is 26.2 Å². The van der Waals surface area contributed by atoms with Gasteiger partial charge in [0.15, 0.2) is 0 Å². The Bertz CT molecular complexity index is 546. The highest BCUT2D eigenvalue weighted by Gasteiger charge is 2.36. The van der Waals surface area contributed by atoms with E-state index >= 15 is 0 Å². The van der Waals surface area contributed by atoms with Crippen LogP contribution in [0.25, 0.3) is 0 Å². The molecule has 0 aromatic heterocycles. The second-order valence-corrected chi connectivity index (χ2v) is 5.19. The first kappa shape index (κ1) is 12.9. The number of hydrogen-bond donors (Lipinski definition) is 2. The average molecular weight is 274 g/mol. The summed E-state index contributed by atoms with van der Waals surface area (Å²) in [4.78, 5) is 27.7. The highest BCUT2D eigenvalue weighted by atomic mass is 16.2. The number of piperazine rings is 1. The fourth-order valence-corrected chi connectivity index (χ4v) is 2.80. The molecule has 1 unspecified atom stereocenters. The number of carbonyl (C=O) groups excluding carboxylic acids is 2. The predicted octanol–water partition coefficient (Wildman–Crippen LogP) is -0.00510. The van der Waals surface area contributed by atoms with Crippen molar-refractivity contribution in [1.82, 2.24) is 15.1 Å². The molecule has 2 aliphatic heterocycles. The van der Waals surface area contributed by atoms with Crippen LogP contribution in [-0.2, 0) is 6.54 Å². The first-order valence-corrected chi connectivity index (χ1v) is 6.82. The van der Waals surface area contributed by atoms with Gasteiger partial charge in [-0.15, -0.1) is 0 Å². The molecule has 1 aromatic rings. The van der Waals surface area contributed by atoms with Crippen LogP contribution in [0.4, 0.5) is 4.79 Å². The first-order chi connectivity index (χ1) is 9.69. The first-order valence-electron chi connectivity index (χ1n) is 6.82. The number of benzene rings is 1. The molecule has 2 heterocycles. The summed E-state index contributed by atoms with van der Waals surface area (Å²) < 4.78 is 0. The van der Waals surface area contributed by atoms with E-state index in [4.69, 9.17) is 5.73 Å². The zero-order chi connectivity index (χ0) is 14.1. The minimum absolute atomic E-state index is 0.0132. The van der Waals surface area contributed by atoms with Crippen molar-refractivity contribution in [2.45, 2.75) is 12.6 Å². The molecular formula is C14H18N4O2. The van der Waals surface area contributed by atoms with Gasteiger partial charge in [0, 0.05) is 38.3 Å². The van der Waals surface area contributed by atoms with Gasteiger partial charge in [0.1, 0.15) is 0 Å². The van der Waals surface area contributed by atoms with E-state index in [1.165, 1.54) is 0 Å². The summed E-state index contributed by atoms with van der Waals surface area (Å²) in [6.07, 6.45) is 0. The van der Waals surface area contributed by atoms with E-state index in [1.54, 1.807) is 4.90 Å². The molecule has 2 fully saturated rings. The van der Waals surface area contributed by atoms with Gasteiger partial charge >= 0.3 is 6.03 Å². The van der Waals surface area contributed by atoms with E-state index in [2.05, 4.69) is 5.32 Å². The van der Waals surface area contributed by atoms with Crippen molar-refractivity contribution < 1.29 is 9.59 Å². The molecule has 0 saturated carbocycles. The van der Waals surface area contributed by atoms with Crippen LogP contribution in [0, 0.1) is 0 Å². The molecule has 20 heavy (non-hydrogen) atoms. The Balaban J connectivity index is 1.73. The minimum atomic E-state index is -0.0211. The average Bonchev–Trinajstić information content (AvgIpc) is 2.87. The van der Waals surface area contributed by atoms with Crippen LogP contribution in [0.3, 0.4) is 0 Å². The van der Waals surface area contributed by atoms with Gasteiger partial charge in [0.05, 0.1) is 6.04 Å². The number of amides is 3. The maximum Gasteiger partial charge on any atom is 0.317 e. The Hall–Kier alpha value is -2.08. The predicted molar refractivity (Wildman–Crippen MR) is 74.1 cm³/mol. The van der Waals surface area contributed by atoms with Crippen LogP contribution in [0.15, 0.2) is 24.3 Å². The number of rotatable bonds is 2. The normalized spacial score (nSPS) is 21.6. The standard InChI is InChI=1S/C14H18N4O2/c15-7-10-2-1-3-11(6-10)13(19)17-4-5-18-12(9-17)8-16-14(18)20/h1-3,6,12H,4-5,7-9,15H2,(H,16,20). The third-order valence-corrected chi connectivity index (χ3v) is 3.93. The van der Waals surface area contributed by atoms with Crippen LogP contribution in [-0.4, -0.2) is 54.0 Å². The number of urea groups is 1. The molecule has 0 spiro atoms. The second kappa shape index (κ2) is 5.13. The van der Waals surface area contributed by atoms with Crippen LogP contribution >= 0.6 is 0 Å². The molecule has 3 rings (SSSR count). The van der Waals surface area contributed by atoms with Crippen LogP contribution < -0.4 is 11.1 Å². The summed E-state index contributed by atoms with van der Waals surface area (Å²) in [5.41, 5.74) is 7.22. The summed E-state index contributed by atoms with van der Waals surface area (Å²) in [5.74, 6) is 0.0132. The molecule has 2 saturated heterocycles. The number of nitrogens with one attached hydrogen (secondary N) is 1. The molecule has 106 valence electrons. The van der Waals surface area contributed by atoms with Gasteiger partial charge < -0.3 is 20.9 Å². The van der Waals surface area contributed by atoms with E-state index in [0.29, 0.717) is 38.3 Å². The molecule has 1 atom stereocenters. The summed E-state index contributed by atoms with van der Waals surface area (Å²) in [7, 11) is 0. The number of carbonyl (C=O) groups is 2. The largest absolute Gasteiger partial charge is 0.336 e. The van der Waals surface area contributed by atoms with Crippen LogP contribution in [0.1, 0.15) is 15.9 Å². The Morgan fingerprint density at radius 3 is 3.05 bits per heavy atom. The Morgan fingerprint density at radius 1 is 1.40 bits per heavy atom. The number of nitrogens with two attached hydrogens (primary N) is 1. The van der Waals surface area contributed by atoms with Gasteiger partial charge in [-0.3, -0.25) is 4.79 Å². The Kier molecular flexibility index (Phi) is 3.31. The summed E-state index contributed by atoms with van der Waals surface area (Å²) >= 11 is 0. The van der Waals surface area contributed by atoms with E-state index in [1.807, 2.05) is 29.2 Å². The van der Waals surface area contributed by atoms with Gasteiger partial charge in [-0.1, -0.05) is 12.1 Å². The number of hydrogen-bond acceptors (Lipinski definition) is 3. The highest BCUT2D eigenvalue weighted by Crippen LogP contribution is 2.17. The van der Waals surface area contributed by atoms with Crippen molar-refractivity contribution in [3.05, 3.63) is 35.4 Å². The quantitative estimate of drug-likeness (QED) is 0.796. The summed E-state index contributed by atoms with van der Waals surface area (Å²) in [6, 6.07) is 7.49. The third-order valence-electron chi connectivity index (χ3n) is 3.93. The monoisotopic (exact) mass is 274 g/mol. The number of fused-ring (bicyclic) bond motifs is 1. The van der Waals surface area contributed by atoms with E-state index in [9.17, 15) is 9.59 Å². The highest BCUT2D eigenvalue weighted by molar-refractivity contribution is 5.94. The molecule has 6 nitrogen and oxygen atoms in total. The summed E-state index contributed by atoms with van der Waals surface area (Å²) in [6.45, 7) is 2.81. The fourth-order valence-electron chi connectivity index (χ4n) is 2.80. The molecule has 1 aromatic carbocycles. The van der Waals surface area contributed by atoms with E-state index in [0.717, 1.165) is 5.56 Å². The maximum absolute atomic E-state index is 12.5. The van der Waals surface area contributed by atoms with Crippen molar-refractivity contribution >= 4 is 11.9 Å². The van der Waals surface area contributed by atoms with Gasteiger partial charge in [-0.25, -0.2) is 4.79 Å². The molecule has 0 radical (unpaired) electrons. The molecule has 2 aliphatic rings. The Labute approximate surface area is 117 Å². The van der Waals surface area contributed by atoms with Crippen molar-refractivity contribution in [2.24, 2.45) is 5.73 Å². The SMILES string of the molecule is NCc1cccc(C(=O)N2CCN3C(=O)NCC3C2)c1. The van der Waals surface area contributed by atoms with Gasteiger partial charge in [0.25, 0.3) is 5.91 Å². The van der Waals surface area contributed by atoms with Gasteiger partial charge in [-0.05, 0) is 17.7 Å². The zero-order valence-corrected chi connectivity index (χ0v) is 11.2. The molecule has 3 N–H and O–H groups in total. The topological polar surface area (TPSA) is 78.7 Å². The second-order valence-electron chi connectivity index (χ2n) is 5.19. The number of nitrogens with zero attached hydrogens (tertiary/aromatic N) is 2. The Morgan fingerprint density at radius 2 is 2.25 bits per heavy atom. The van der Waals surface area contributed by atoms with Crippen molar-refractivity contribution in [1.29, 1.82) is 0 Å². The fraction of sp³-hybridized carbons (Fsp3) is 0.429. The van der Waals surface area contributed by atoms with Crippen LogP contribution in [0.2, 0.25) is 0 Å². The zero-order valence-electron chi connectivity index (χ0n) is 11.2. The molecule has 0 bridgehead atoms. The summed E-state index contributed by atoms with van der Waals surface area (Å²) in [5, 5.41) is 2.81. The van der Waals surface area contributed by atoms with Crippen molar-refractivity contribution in [3.63, 3.8) is 0 Å². The van der Waals surface area contributed by atoms with Crippen LogP contribution in [0.5, 0.6) is 0 Å². The van der Waals surface area contributed by atoms with E-state index in [-0.39, 0.29) is 18.0 Å². The molecule has 0 aliphatic carbocycles. The lowest BCUT2D eigenvalue weighted by Crippen LogP contribution is -2.53. The smallest absolute Gasteiger partial charge is 0.317 e. The van der Waals surface area contributed by atoms with Crippen molar-refractivity contribution in [3.8, 4) is 0 Å².